The summed E-state index contributed by atoms with van der Waals surface area (Å²) < 4.78 is 4.92. The maximum atomic E-state index is 13.3. The molecule has 194 valence electrons. The second-order valence-electron chi connectivity index (χ2n) is 10.3. The van der Waals surface area contributed by atoms with Crippen LogP contribution in [0, 0.1) is 18.8 Å². The number of nitrogens with one attached hydrogen (secondary N) is 2. The third kappa shape index (κ3) is 8.12. The summed E-state index contributed by atoms with van der Waals surface area (Å²) >= 11 is 0. The minimum Gasteiger partial charge on any atom is -0.820 e. The molecular formula is C26H34N5Na2O4P. The van der Waals surface area contributed by atoms with Crippen LogP contribution < -0.4 is 84.4 Å². The Kier molecular flexibility index (Phi) is 12.3. The first-order chi connectivity index (χ1) is 17.4. The van der Waals surface area contributed by atoms with Gasteiger partial charge < -0.3 is 29.8 Å². The molecule has 0 bridgehead atoms. The molecule has 1 amide bonds. The number of nitrogens with zero attached hydrogens (tertiary/aromatic N) is 3. The molecular weight excluding hydrogens is 523 g/mol. The third-order valence-corrected chi connectivity index (χ3v) is 8.25. The van der Waals surface area contributed by atoms with Crippen molar-refractivity contribution in [1.82, 2.24) is 15.3 Å². The fraction of sp³-hybridized carbons (Fsp3) is 0.577. The second-order valence-corrected chi connectivity index (χ2v) is 11.0. The molecule has 2 aliphatic carbocycles. The normalized spacial score (nSPS) is 23.8. The van der Waals surface area contributed by atoms with Crippen molar-refractivity contribution in [3.05, 3.63) is 46.6 Å². The van der Waals surface area contributed by atoms with Crippen LogP contribution in [-0.2, 0) is 17.5 Å². The number of hydrogen-bond donors (Lipinski definition) is 2. The van der Waals surface area contributed by atoms with Crippen LogP contribution in [0.15, 0.2) is 24.4 Å². The molecule has 1 aromatic carbocycles. The van der Waals surface area contributed by atoms with Gasteiger partial charge in [0.2, 0.25) is 5.95 Å². The van der Waals surface area contributed by atoms with Crippen molar-refractivity contribution in [2.75, 3.05) is 23.3 Å². The van der Waals surface area contributed by atoms with Gasteiger partial charge in [0.1, 0.15) is 11.4 Å². The second kappa shape index (κ2) is 14.5. The summed E-state index contributed by atoms with van der Waals surface area (Å²) in [7, 11) is -2.85. The molecule has 0 radical (unpaired) electrons. The molecule has 2 heterocycles. The topological polar surface area (TPSA) is 126 Å². The Bertz CT molecular complexity index is 1090. The zero-order chi connectivity index (χ0) is 25.2. The third-order valence-electron chi connectivity index (χ3n) is 7.77. The van der Waals surface area contributed by atoms with Crippen molar-refractivity contribution in [1.29, 1.82) is 0 Å². The zero-order valence-electron chi connectivity index (χ0n) is 22.9. The maximum Gasteiger partial charge on any atom is 1.00 e. The number of piperidine rings is 1. The van der Waals surface area contributed by atoms with Crippen LogP contribution in [0.1, 0.15) is 66.1 Å². The standard InChI is InChI=1S/C26H34N5O4P.2Na/c1-3-18-5-4-17(10-16(18)2)12-27-24-23(13-28-26(30-24)31-14-19-11-20(19)15-31)25(32)29-21-6-8-22(9-7-21)35-36(33)34;;/h4-5,10,13,19-22H,3,6-9,11-12,14-15H2,1-2H3,(H,29,32)(H,27,28,30);;/q-2;2*+1. The zero-order valence-corrected chi connectivity index (χ0v) is 27.8. The van der Waals surface area contributed by atoms with E-state index < -0.39 is 8.60 Å². The molecule has 1 aromatic heterocycles. The van der Waals surface area contributed by atoms with E-state index in [9.17, 15) is 14.6 Å². The average molecular weight is 558 g/mol. The number of benzene rings is 1. The van der Waals surface area contributed by atoms with E-state index in [2.05, 4.69) is 52.6 Å². The van der Waals surface area contributed by atoms with Gasteiger partial charge in [-0.1, -0.05) is 25.1 Å². The Labute approximate surface area is 270 Å². The van der Waals surface area contributed by atoms with Crippen molar-refractivity contribution in [3.63, 3.8) is 0 Å². The first-order valence-electron chi connectivity index (χ1n) is 13.0. The smallest absolute Gasteiger partial charge is 0.820 e. The number of hydrogen-bond acceptors (Lipinski definition) is 8. The average Bonchev–Trinajstić information content (AvgIpc) is 3.48. The predicted octanol–water partition coefficient (Wildman–Crippen LogP) is -3.57. The monoisotopic (exact) mass is 557 g/mol. The SMILES string of the molecule is CCc1ccc(CNc2nc(N3CC4CC4C3)ncc2C(=O)NC2CCC(OP([O-])[O-])CC2)cc1C.[Na+].[Na+]. The largest absolute Gasteiger partial charge is 1.00 e. The van der Waals surface area contributed by atoms with Crippen LogP contribution in [0.3, 0.4) is 0 Å². The minimum atomic E-state index is -2.85. The molecule has 2 N–H and O–H groups in total. The molecule has 3 aliphatic rings. The molecule has 0 spiro atoms. The number of aryl methyl sites for hydroxylation is 2. The van der Waals surface area contributed by atoms with E-state index in [1.54, 1.807) is 6.20 Å². The summed E-state index contributed by atoms with van der Waals surface area (Å²) in [6.07, 6.45) is 6.16. The van der Waals surface area contributed by atoms with Crippen LogP contribution in [0.5, 0.6) is 0 Å². The minimum absolute atomic E-state index is 0. The Morgan fingerprint density at radius 1 is 1.16 bits per heavy atom. The molecule has 1 saturated heterocycles. The number of fused-ring (bicyclic) bond motifs is 1. The van der Waals surface area contributed by atoms with E-state index in [0.717, 1.165) is 36.9 Å². The number of carbonyl (C=O) groups is 1. The molecule has 3 fully saturated rings. The van der Waals surface area contributed by atoms with E-state index >= 15 is 0 Å². The molecule has 2 atom stereocenters. The van der Waals surface area contributed by atoms with E-state index in [1.807, 2.05) is 0 Å². The number of anilines is 2. The predicted molar refractivity (Wildman–Crippen MR) is 135 cm³/mol. The fourth-order valence-corrected chi connectivity index (χ4v) is 5.99. The van der Waals surface area contributed by atoms with Gasteiger partial charge in [0, 0.05) is 31.9 Å². The molecule has 2 aromatic rings. The van der Waals surface area contributed by atoms with Gasteiger partial charge in [0.05, 0.1) is 6.10 Å². The number of amides is 1. The van der Waals surface area contributed by atoms with Gasteiger partial charge in [-0.25, -0.2) is 4.98 Å². The molecule has 38 heavy (non-hydrogen) atoms. The summed E-state index contributed by atoms with van der Waals surface area (Å²) in [5, 5.41) is 6.50. The van der Waals surface area contributed by atoms with Crippen LogP contribution in [0.25, 0.3) is 0 Å². The maximum absolute atomic E-state index is 13.3. The van der Waals surface area contributed by atoms with E-state index in [4.69, 9.17) is 9.51 Å². The van der Waals surface area contributed by atoms with Gasteiger partial charge in [-0.05, 0) is 74.0 Å². The number of carbonyl (C=O) groups excluding carboxylic acids is 1. The van der Waals surface area contributed by atoms with E-state index in [0.29, 0.717) is 49.6 Å². The number of rotatable bonds is 9. The van der Waals surface area contributed by atoms with Crippen LogP contribution in [-0.4, -0.2) is 41.1 Å². The van der Waals surface area contributed by atoms with Crippen molar-refractivity contribution < 1.29 is 78.2 Å². The molecule has 5 rings (SSSR count). The van der Waals surface area contributed by atoms with Crippen molar-refractivity contribution >= 4 is 26.3 Å². The van der Waals surface area contributed by atoms with Crippen LogP contribution in [0.2, 0.25) is 0 Å². The summed E-state index contributed by atoms with van der Waals surface area (Å²) in [6.45, 7) is 6.79. The van der Waals surface area contributed by atoms with Crippen molar-refractivity contribution in [2.45, 2.75) is 71.1 Å². The summed E-state index contributed by atoms with van der Waals surface area (Å²) in [5.74, 6) is 2.50. The van der Waals surface area contributed by atoms with Gasteiger partial charge in [-0.2, -0.15) is 13.6 Å². The molecule has 1 aliphatic heterocycles. The summed E-state index contributed by atoms with van der Waals surface area (Å²) in [6, 6.07) is 6.41. The molecule has 2 saturated carbocycles. The number of aromatic nitrogens is 2. The van der Waals surface area contributed by atoms with Gasteiger partial charge in [-0.3, -0.25) is 4.79 Å². The first-order valence-corrected chi connectivity index (χ1v) is 14.1. The molecule has 2 unspecified atom stereocenters. The van der Waals surface area contributed by atoms with Gasteiger partial charge in [-0.15, -0.1) is 0 Å². The Balaban J connectivity index is 0.00000200. The first kappa shape index (κ1) is 32.2. The van der Waals surface area contributed by atoms with Crippen LogP contribution >= 0.6 is 8.60 Å². The Morgan fingerprint density at radius 3 is 2.50 bits per heavy atom. The van der Waals surface area contributed by atoms with Gasteiger partial charge in [0.15, 0.2) is 0 Å². The van der Waals surface area contributed by atoms with Crippen LogP contribution in [0.4, 0.5) is 11.8 Å². The van der Waals surface area contributed by atoms with Crippen molar-refractivity contribution in [2.24, 2.45) is 11.8 Å². The fourth-order valence-electron chi connectivity index (χ4n) is 5.54. The van der Waals surface area contributed by atoms with Gasteiger partial charge >= 0.3 is 59.1 Å². The molecule has 9 nitrogen and oxygen atoms in total. The van der Waals surface area contributed by atoms with E-state index in [1.165, 1.54) is 17.5 Å². The Morgan fingerprint density at radius 2 is 1.87 bits per heavy atom. The quantitative estimate of drug-likeness (QED) is 0.240. The molecule has 12 heteroatoms. The summed E-state index contributed by atoms with van der Waals surface area (Å²) in [5.41, 5.74) is 4.15. The Hall–Kier alpha value is -0.320. The summed E-state index contributed by atoms with van der Waals surface area (Å²) in [4.78, 5) is 46.5. The van der Waals surface area contributed by atoms with Crippen molar-refractivity contribution in [3.8, 4) is 0 Å². The van der Waals surface area contributed by atoms with Gasteiger partial charge in [0.25, 0.3) is 5.91 Å². The van der Waals surface area contributed by atoms with E-state index in [-0.39, 0.29) is 77.2 Å².